The predicted octanol–water partition coefficient (Wildman–Crippen LogP) is 3.13. The van der Waals surface area contributed by atoms with Gasteiger partial charge in [-0.2, -0.15) is 0 Å². The van der Waals surface area contributed by atoms with Crippen molar-refractivity contribution in [2.45, 2.75) is 45.7 Å². The van der Waals surface area contributed by atoms with Crippen molar-refractivity contribution < 1.29 is 9.90 Å². The molecule has 0 radical (unpaired) electrons. The van der Waals surface area contributed by atoms with E-state index in [1.54, 1.807) is 0 Å². The second-order valence-electron chi connectivity index (χ2n) is 5.92. The lowest BCUT2D eigenvalue weighted by Gasteiger charge is -2.22. The first-order chi connectivity index (χ1) is 11.1. The number of amides is 1. The number of aliphatic hydroxyl groups is 1. The highest BCUT2D eigenvalue weighted by Crippen LogP contribution is 2.21. The van der Waals surface area contributed by atoms with Gasteiger partial charge in [0.1, 0.15) is 6.04 Å². The number of benzene rings is 1. The summed E-state index contributed by atoms with van der Waals surface area (Å²) in [5.41, 5.74) is 3.27. The molecule has 0 aliphatic carbocycles. The Balaban J connectivity index is 2.08. The van der Waals surface area contributed by atoms with E-state index >= 15 is 0 Å². The first kappa shape index (κ1) is 17.3. The molecular formula is C19H26N2O2. The monoisotopic (exact) mass is 314 g/mol. The van der Waals surface area contributed by atoms with Crippen LogP contribution in [0.25, 0.3) is 0 Å². The third-order valence-corrected chi connectivity index (χ3v) is 4.14. The number of hydrogen-bond acceptors (Lipinski definition) is 2. The normalized spacial score (nSPS) is 12.1. The van der Waals surface area contributed by atoms with Gasteiger partial charge in [0.25, 0.3) is 0 Å². The Hall–Kier alpha value is -2.07. The van der Waals surface area contributed by atoms with Gasteiger partial charge in [-0.3, -0.25) is 4.79 Å². The van der Waals surface area contributed by atoms with Crippen LogP contribution in [0.5, 0.6) is 0 Å². The lowest BCUT2D eigenvalue weighted by molar-refractivity contribution is -0.124. The van der Waals surface area contributed by atoms with Crippen molar-refractivity contribution in [3.05, 3.63) is 59.4 Å². The van der Waals surface area contributed by atoms with Gasteiger partial charge in [0, 0.05) is 24.5 Å². The molecule has 2 aromatic rings. The van der Waals surface area contributed by atoms with Crippen molar-refractivity contribution in [1.29, 1.82) is 0 Å². The summed E-state index contributed by atoms with van der Waals surface area (Å²) in [4.78, 5) is 12.7. The van der Waals surface area contributed by atoms with E-state index in [-0.39, 0.29) is 18.6 Å². The van der Waals surface area contributed by atoms with Crippen LogP contribution in [0.3, 0.4) is 0 Å². The van der Waals surface area contributed by atoms with Gasteiger partial charge in [-0.25, -0.2) is 0 Å². The summed E-state index contributed by atoms with van der Waals surface area (Å²) in [5, 5.41) is 12.0. The van der Waals surface area contributed by atoms with E-state index in [1.165, 1.54) is 0 Å². The lowest BCUT2D eigenvalue weighted by Crippen LogP contribution is -2.33. The average Bonchev–Trinajstić information content (AvgIpc) is 2.89. The van der Waals surface area contributed by atoms with Crippen molar-refractivity contribution in [1.82, 2.24) is 9.88 Å². The average molecular weight is 314 g/mol. The predicted molar refractivity (Wildman–Crippen MR) is 92.2 cm³/mol. The van der Waals surface area contributed by atoms with Crippen LogP contribution < -0.4 is 5.32 Å². The Morgan fingerprint density at radius 2 is 1.74 bits per heavy atom. The molecule has 0 aliphatic heterocycles. The van der Waals surface area contributed by atoms with Crippen LogP contribution in [0.15, 0.2) is 42.5 Å². The van der Waals surface area contributed by atoms with Crippen molar-refractivity contribution in [2.24, 2.45) is 0 Å². The summed E-state index contributed by atoms with van der Waals surface area (Å²) in [7, 11) is 0. The van der Waals surface area contributed by atoms with Gasteiger partial charge in [-0.1, -0.05) is 30.3 Å². The molecule has 1 atom stereocenters. The van der Waals surface area contributed by atoms with E-state index in [9.17, 15) is 4.79 Å². The van der Waals surface area contributed by atoms with E-state index in [0.29, 0.717) is 6.54 Å². The summed E-state index contributed by atoms with van der Waals surface area (Å²) in [6, 6.07) is 13.8. The molecule has 1 aromatic carbocycles. The molecule has 2 rings (SSSR count). The highest BCUT2D eigenvalue weighted by molar-refractivity contribution is 5.80. The van der Waals surface area contributed by atoms with E-state index in [2.05, 4.69) is 9.88 Å². The number of aliphatic hydroxyl groups excluding tert-OH is 1. The summed E-state index contributed by atoms with van der Waals surface area (Å²) in [5.74, 6) is 0.0363. The molecule has 4 nitrogen and oxygen atoms in total. The van der Waals surface area contributed by atoms with Gasteiger partial charge in [0.2, 0.25) is 5.91 Å². The second kappa shape index (κ2) is 8.53. The van der Waals surface area contributed by atoms with Gasteiger partial charge in [0.15, 0.2) is 0 Å². The summed E-state index contributed by atoms with van der Waals surface area (Å²) < 4.78 is 2.09. The molecule has 0 aliphatic rings. The van der Waals surface area contributed by atoms with E-state index in [4.69, 9.17) is 5.11 Å². The van der Waals surface area contributed by atoms with E-state index in [1.807, 2.05) is 56.3 Å². The number of aromatic nitrogens is 1. The number of nitrogens with zero attached hydrogens (tertiary/aromatic N) is 1. The van der Waals surface area contributed by atoms with E-state index in [0.717, 1.165) is 36.2 Å². The number of rotatable bonds is 8. The minimum Gasteiger partial charge on any atom is -0.396 e. The number of carbonyl (C=O) groups excluding carboxylic acids is 1. The third-order valence-electron chi connectivity index (χ3n) is 4.14. The fourth-order valence-corrected chi connectivity index (χ4v) is 2.90. The van der Waals surface area contributed by atoms with Crippen molar-refractivity contribution in [3.63, 3.8) is 0 Å². The molecule has 23 heavy (non-hydrogen) atoms. The van der Waals surface area contributed by atoms with E-state index < -0.39 is 0 Å². The number of unbranched alkanes of at least 4 members (excludes halogenated alkanes) is 1. The zero-order valence-corrected chi connectivity index (χ0v) is 14.0. The molecule has 2 N–H and O–H groups in total. The van der Waals surface area contributed by atoms with Crippen LogP contribution in [0, 0.1) is 13.8 Å². The highest BCUT2D eigenvalue weighted by Gasteiger charge is 2.22. The summed E-state index contributed by atoms with van der Waals surface area (Å²) in [6.45, 7) is 4.75. The maximum atomic E-state index is 12.7. The van der Waals surface area contributed by atoms with Gasteiger partial charge in [-0.15, -0.1) is 0 Å². The Kier molecular flexibility index (Phi) is 6.41. The highest BCUT2D eigenvalue weighted by atomic mass is 16.2. The Morgan fingerprint density at radius 1 is 1.09 bits per heavy atom. The standard InChI is InChI=1S/C19H26N2O2/c1-15-11-12-16(2)21(15)18(10-6-7-13-22)19(23)20-14-17-8-4-3-5-9-17/h3-5,8-9,11-12,18,22H,6-7,10,13-14H2,1-2H3,(H,20,23)/t18-/m0/s1. The molecule has 124 valence electrons. The van der Waals surface area contributed by atoms with Gasteiger partial charge < -0.3 is 15.0 Å². The largest absolute Gasteiger partial charge is 0.396 e. The minimum absolute atomic E-state index is 0.0363. The zero-order chi connectivity index (χ0) is 16.7. The molecule has 1 heterocycles. The van der Waals surface area contributed by atoms with Crippen LogP contribution in [0.1, 0.15) is 42.3 Å². The molecule has 0 saturated heterocycles. The first-order valence-electron chi connectivity index (χ1n) is 8.20. The third kappa shape index (κ3) is 4.70. The molecule has 0 unspecified atom stereocenters. The Labute approximate surface area is 138 Å². The fraction of sp³-hybridized carbons (Fsp3) is 0.421. The quantitative estimate of drug-likeness (QED) is 0.736. The van der Waals surface area contributed by atoms with Crippen LogP contribution in [0.2, 0.25) is 0 Å². The Morgan fingerprint density at radius 3 is 2.35 bits per heavy atom. The molecule has 4 heteroatoms. The number of hydrogen-bond donors (Lipinski definition) is 2. The summed E-state index contributed by atoms with van der Waals surface area (Å²) in [6.07, 6.45) is 2.29. The topological polar surface area (TPSA) is 54.3 Å². The minimum atomic E-state index is -0.222. The molecule has 0 saturated carbocycles. The Bertz CT molecular complexity index is 600. The van der Waals surface area contributed by atoms with Crippen molar-refractivity contribution >= 4 is 5.91 Å². The second-order valence-corrected chi connectivity index (χ2v) is 5.92. The molecule has 0 spiro atoms. The summed E-state index contributed by atoms with van der Waals surface area (Å²) >= 11 is 0. The molecule has 0 fully saturated rings. The smallest absolute Gasteiger partial charge is 0.243 e. The van der Waals surface area contributed by atoms with Gasteiger partial charge in [-0.05, 0) is 50.8 Å². The van der Waals surface area contributed by atoms with Crippen molar-refractivity contribution in [2.75, 3.05) is 6.61 Å². The molecule has 1 aromatic heterocycles. The first-order valence-corrected chi connectivity index (χ1v) is 8.20. The fourth-order valence-electron chi connectivity index (χ4n) is 2.90. The van der Waals surface area contributed by atoms with Crippen LogP contribution in [-0.4, -0.2) is 22.2 Å². The van der Waals surface area contributed by atoms with Gasteiger partial charge >= 0.3 is 0 Å². The van der Waals surface area contributed by atoms with Crippen LogP contribution in [-0.2, 0) is 11.3 Å². The maximum Gasteiger partial charge on any atom is 0.243 e. The number of carbonyl (C=O) groups is 1. The van der Waals surface area contributed by atoms with Crippen molar-refractivity contribution in [3.8, 4) is 0 Å². The molecule has 1 amide bonds. The number of nitrogens with one attached hydrogen (secondary N) is 1. The lowest BCUT2D eigenvalue weighted by atomic mass is 10.1. The van der Waals surface area contributed by atoms with Gasteiger partial charge in [0.05, 0.1) is 0 Å². The maximum absolute atomic E-state index is 12.7. The molecule has 0 bridgehead atoms. The van der Waals surface area contributed by atoms with Crippen LogP contribution >= 0.6 is 0 Å². The van der Waals surface area contributed by atoms with Crippen LogP contribution in [0.4, 0.5) is 0 Å². The SMILES string of the molecule is Cc1ccc(C)n1[C@@H](CCCCO)C(=O)NCc1ccccc1. The number of aryl methyl sites for hydroxylation is 2. The zero-order valence-electron chi connectivity index (χ0n) is 14.0. The molecular weight excluding hydrogens is 288 g/mol.